The number of anilines is 1. The molecular formula is C18H18N2O2. The van der Waals surface area contributed by atoms with E-state index in [1.165, 1.54) is 0 Å². The van der Waals surface area contributed by atoms with Crippen LogP contribution >= 0.6 is 0 Å². The minimum atomic E-state index is -0.375. The Morgan fingerprint density at radius 3 is 2.50 bits per heavy atom. The molecule has 112 valence electrons. The summed E-state index contributed by atoms with van der Waals surface area (Å²) in [7, 11) is 0. The molecule has 0 bridgehead atoms. The van der Waals surface area contributed by atoms with Gasteiger partial charge >= 0.3 is 6.09 Å². The number of hydrogen-bond donors (Lipinski definition) is 0. The largest absolute Gasteiger partial charge is 0.439 e. The molecule has 0 spiro atoms. The SMILES string of the molecule is CC(C)C1OC(=O)N(c2ccccn2)/C1=C/c1ccccc1. The van der Waals surface area contributed by atoms with Crippen LogP contribution in [0.5, 0.6) is 0 Å². The van der Waals surface area contributed by atoms with Crippen molar-refractivity contribution in [3.63, 3.8) is 0 Å². The van der Waals surface area contributed by atoms with Crippen molar-refractivity contribution in [2.45, 2.75) is 20.0 Å². The molecule has 1 aliphatic heterocycles. The summed E-state index contributed by atoms with van der Waals surface area (Å²) in [6, 6.07) is 15.4. The Morgan fingerprint density at radius 2 is 1.86 bits per heavy atom. The van der Waals surface area contributed by atoms with Crippen LogP contribution in [0.25, 0.3) is 6.08 Å². The van der Waals surface area contributed by atoms with Gasteiger partial charge in [-0.25, -0.2) is 14.7 Å². The molecular weight excluding hydrogens is 276 g/mol. The van der Waals surface area contributed by atoms with Crippen molar-refractivity contribution in [2.24, 2.45) is 5.92 Å². The molecule has 1 saturated heterocycles. The van der Waals surface area contributed by atoms with Crippen LogP contribution in [-0.4, -0.2) is 17.2 Å². The number of ether oxygens (including phenoxy) is 1. The van der Waals surface area contributed by atoms with Crippen LogP contribution in [0.1, 0.15) is 19.4 Å². The molecule has 0 aliphatic carbocycles. The fourth-order valence-corrected chi connectivity index (χ4v) is 2.51. The van der Waals surface area contributed by atoms with Crippen LogP contribution in [-0.2, 0) is 4.74 Å². The molecule has 22 heavy (non-hydrogen) atoms. The van der Waals surface area contributed by atoms with Crippen molar-refractivity contribution in [1.29, 1.82) is 0 Å². The van der Waals surface area contributed by atoms with Gasteiger partial charge in [0.1, 0.15) is 11.9 Å². The van der Waals surface area contributed by atoms with Gasteiger partial charge in [-0.15, -0.1) is 0 Å². The van der Waals surface area contributed by atoms with E-state index in [0.717, 1.165) is 11.3 Å². The Morgan fingerprint density at radius 1 is 1.14 bits per heavy atom. The first-order valence-electron chi connectivity index (χ1n) is 7.35. The van der Waals surface area contributed by atoms with Crippen LogP contribution < -0.4 is 4.90 Å². The summed E-state index contributed by atoms with van der Waals surface area (Å²) >= 11 is 0. The third kappa shape index (κ3) is 2.72. The van der Waals surface area contributed by atoms with Gasteiger partial charge in [0, 0.05) is 6.20 Å². The summed E-state index contributed by atoms with van der Waals surface area (Å²) in [5.74, 6) is 0.769. The van der Waals surface area contributed by atoms with E-state index in [1.807, 2.05) is 68.5 Å². The summed E-state index contributed by atoms with van der Waals surface area (Å²) in [5.41, 5.74) is 1.85. The topological polar surface area (TPSA) is 42.4 Å². The predicted octanol–water partition coefficient (Wildman–Crippen LogP) is 4.10. The monoisotopic (exact) mass is 294 g/mol. The highest BCUT2D eigenvalue weighted by Crippen LogP contribution is 2.33. The molecule has 3 rings (SSSR count). The molecule has 1 aliphatic rings. The molecule has 1 atom stereocenters. The number of amides is 1. The number of hydrogen-bond acceptors (Lipinski definition) is 3. The van der Waals surface area contributed by atoms with Crippen LogP contribution in [0.3, 0.4) is 0 Å². The fraction of sp³-hybridized carbons (Fsp3) is 0.222. The fourth-order valence-electron chi connectivity index (χ4n) is 2.51. The van der Waals surface area contributed by atoms with Crippen molar-refractivity contribution < 1.29 is 9.53 Å². The van der Waals surface area contributed by atoms with E-state index in [-0.39, 0.29) is 18.1 Å². The molecule has 1 amide bonds. The van der Waals surface area contributed by atoms with E-state index in [1.54, 1.807) is 11.1 Å². The third-order valence-electron chi connectivity index (χ3n) is 3.56. The number of rotatable bonds is 3. The van der Waals surface area contributed by atoms with E-state index in [9.17, 15) is 4.79 Å². The Hall–Kier alpha value is -2.62. The van der Waals surface area contributed by atoms with Gasteiger partial charge in [-0.2, -0.15) is 0 Å². The van der Waals surface area contributed by atoms with Crippen molar-refractivity contribution >= 4 is 18.0 Å². The van der Waals surface area contributed by atoms with Crippen molar-refractivity contribution in [3.8, 4) is 0 Å². The first-order chi connectivity index (χ1) is 10.7. The second-order valence-corrected chi connectivity index (χ2v) is 5.55. The van der Waals surface area contributed by atoms with E-state index in [0.29, 0.717) is 5.82 Å². The Balaban J connectivity index is 2.07. The zero-order valence-corrected chi connectivity index (χ0v) is 12.6. The van der Waals surface area contributed by atoms with E-state index >= 15 is 0 Å². The number of aromatic nitrogens is 1. The summed E-state index contributed by atoms with van der Waals surface area (Å²) in [6.45, 7) is 4.08. The summed E-state index contributed by atoms with van der Waals surface area (Å²) in [6.07, 6.45) is 3.02. The van der Waals surface area contributed by atoms with Gasteiger partial charge in [0.2, 0.25) is 0 Å². The number of pyridine rings is 1. The average molecular weight is 294 g/mol. The van der Waals surface area contributed by atoms with Crippen LogP contribution in [0.2, 0.25) is 0 Å². The molecule has 4 nitrogen and oxygen atoms in total. The number of carbonyl (C=O) groups excluding carboxylic acids is 1. The zero-order valence-electron chi connectivity index (χ0n) is 12.6. The molecule has 1 fully saturated rings. The predicted molar refractivity (Wildman–Crippen MR) is 86.2 cm³/mol. The molecule has 1 aromatic heterocycles. The lowest BCUT2D eigenvalue weighted by atomic mass is 10.0. The van der Waals surface area contributed by atoms with Crippen molar-refractivity contribution in [1.82, 2.24) is 4.98 Å². The second-order valence-electron chi connectivity index (χ2n) is 5.55. The summed E-state index contributed by atoms with van der Waals surface area (Å²) in [4.78, 5) is 18.1. The van der Waals surface area contributed by atoms with E-state index in [4.69, 9.17) is 4.74 Å². The summed E-state index contributed by atoms with van der Waals surface area (Å²) in [5, 5.41) is 0. The lowest BCUT2D eigenvalue weighted by Crippen LogP contribution is -2.24. The van der Waals surface area contributed by atoms with Gasteiger partial charge in [0.05, 0.1) is 5.70 Å². The first-order valence-corrected chi connectivity index (χ1v) is 7.35. The molecule has 4 heteroatoms. The van der Waals surface area contributed by atoms with Gasteiger partial charge in [0.15, 0.2) is 0 Å². The molecule has 1 unspecified atom stereocenters. The van der Waals surface area contributed by atoms with Crippen molar-refractivity contribution in [2.75, 3.05) is 4.90 Å². The van der Waals surface area contributed by atoms with Crippen LogP contribution in [0, 0.1) is 5.92 Å². The molecule has 1 aromatic carbocycles. The second kappa shape index (κ2) is 6.02. The van der Waals surface area contributed by atoms with Gasteiger partial charge in [-0.05, 0) is 29.7 Å². The van der Waals surface area contributed by atoms with Gasteiger partial charge in [-0.3, -0.25) is 0 Å². The third-order valence-corrected chi connectivity index (χ3v) is 3.56. The molecule has 0 saturated carbocycles. The van der Waals surface area contributed by atoms with Gasteiger partial charge < -0.3 is 4.74 Å². The number of carbonyl (C=O) groups is 1. The smallest absolute Gasteiger partial charge is 0.420 e. The highest BCUT2D eigenvalue weighted by atomic mass is 16.6. The highest BCUT2D eigenvalue weighted by molar-refractivity contribution is 5.95. The average Bonchev–Trinajstić information content (AvgIpc) is 2.86. The number of cyclic esters (lactones) is 1. The van der Waals surface area contributed by atoms with Crippen LogP contribution in [0.15, 0.2) is 60.4 Å². The molecule has 0 radical (unpaired) electrons. The maximum absolute atomic E-state index is 12.3. The lowest BCUT2D eigenvalue weighted by Gasteiger charge is -2.18. The van der Waals surface area contributed by atoms with Crippen LogP contribution in [0.4, 0.5) is 10.6 Å². The first kappa shape index (κ1) is 14.3. The highest BCUT2D eigenvalue weighted by Gasteiger charge is 2.40. The van der Waals surface area contributed by atoms with Gasteiger partial charge in [-0.1, -0.05) is 50.2 Å². The number of nitrogens with zero attached hydrogens (tertiary/aromatic N) is 2. The maximum atomic E-state index is 12.3. The molecule has 2 heterocycles. The minimum Gasteiger partial charge on any atom is -0.439 e. The standard InChI is InChI=1S/C18H18N2O2/c1-13(2)17-15(12-14-8-4-3-5-9-14)20(18(21)22-17)16-10-6-7-11-19-16/h3-13,17H,1-2H3/b15-12+. The number of benzene rings is 1. The normalized spacial score (nSPS) is 19.8. The molecule has 0 N–H and O–H groups in total. The Bertz CT molecular complexity index is 681. The summed E-state index contributed by atoms with van der Waals surface area (Å²) < 4.78 is 5.55. The van der Waals surface area contributed by atoms with E-state index < -0.39 is 0 Å². The quantitative estimate of drug-likeness (QED) is 0.855. The maximum Gasteiger partial charge on any atom is 0.420 e. The zero-order chi connectivity index (χ0) is 15.5. The lowest BCUT2D eigenvalue weighted by molar-refractivity contribution is 0.124. The minimum absolute atomic E-state index is 0.188. The van der Waals surface area contributed by atoms with E-state index in [2.05, 4.69) is 4.98 Å². The Labute approximate surface area is 130 Å². The van der Waals surface area contributed by atoms with Gasteiger partial charge in [0.25, 0.3) is 0 Å². The van der Waals surface area contributed by atoms with Crippen molar-refractivity contribution in [3.05, 3.63) is 66.0 Å². The Kier molecular flexibility index (Phi) is 3.92. The molecule has 2 aromatic rings.